The highest BCUT2D eigenvalue weighted by molar-refractivity contribution is 6.99. The van der Waals surface area contributed by atoms with E-state index in [1.54, 1.807) is 0 Å². The van der Waals surface area contributed by atoms with Crippen molar-refractivity contribution >= 4 is 33.0 Å². The highest BCUT2D eigenvalue weighted by atomic mass is 28.4. The topological polar surface area (TPSA) is 44.8 Å². The predicted octanol–water partition coefficient (Wildman–Crippen LogP) is 7.07. The molecule has 210 valence electrons. The van der Waals surface area contributed by atoms with Crippen LogP contribution < -0.4 is 10.4 Å². The zero-order valence-corrected chi connectivity index (χ0v) is 27.3. The lowest BCUT2D eigenvalue weighted by atomic mass is 10.00. The normalized spacial score (nSPS) is 22.5. The van der Waals surface area contributed by atoms with Gasteiger partial charge in [-0.1, -0.05) is 102 Å². The van der Waals surface area contributed by atoms with E-state index >= 15 is 0 Å². The Morgan fingerprint density at radius 2 is 1.37 bits per heavy atom. The Balaban J connectivity index is 1.84. The van der Waals surface area contributed by atoms with E-state index < -0.39 is 16.6 Å². The monoisotopic (exact) mass is 554 g/mol. The van der Waals surface area contributed by atoms with Crippen LogP contribution in [0, 0.1) is 5.92 Å². The zero-order chi connectivity index (χ0) is 28.4. The lowest BCUT2D eigenvalue weighted by Gasteiger charge is -2.45. The van der Waals surface area contributed by atoms with Crippen LogP contribution in [0.2, 0.25) is 23.2 Å². The Morgan fingerprint density at radius 3 is 1.82 bits per heavy atom. The molecule has 3 rings (SSSR count). The molecule has 0 saturated carbocycles. The summed E-state index contributed by atoms with van der Waals surface area (Å²) in [4.78, 5) is 13.1. The first-order chi connectivity index (χ1) is 17.6. The second-order valence-electron chi connectivity index (χ2n) is 13.7. The van der Waals surface area contributed by atoms with E-state index in [2.05, 4.69) is 122 Å². The van der Waals surface area contributed by atoms with Crippen LogP contribution in [0.1, 0.15) is 74.7 Å². The number of ether oxygens (including phenoxy) is 1. The molecular formula is C32H50O4Si2. The first-order valence-corrected chi connectivity index (χ1v) is 19.1. The highest BCUT2D eigenvalue weighted by Gasteiger charge is 2.51. The Morgan fingerprint density at radius 1 is 0.868 bits per heavy atom. The first-order valence-electron chi connectivity index (χ1n) is 14.3. The number of hydrogen-bond donors (Lipinski definition) is 0. The summed E-state index contributed by atoms with van der Waals surface area (Å²) in [5.41, 5.74) is 0. The number of carbonyl (C=O) groups excluding carboxylic acids is 1. The summed E-state index contributed by atoms with van der Waals surface area (Å²) in [7, 11) is -4.66. The van der Waals surface area contributed by atoms with Crippen molar-refractivity contribution in [2.45, 2.75) is 116 Å². The van der Waals surface area contributed by atoms with Crippen LogP contribution in [0.25, 0.3) is 0 Å². The van der Waals surface area contributed by atoms with Crippen LogP contribution >= 0.6 is 0 Å². The number of cyclic esters (lactones) is 1. The summed E-state index contributed by atoms with van der Waals surface area (Å²) >= 11 is 0. The van der Waals surface area contributed by atoms with Crippen LogP contribution in [0.15, 0.2) is 60.7 Å². The van der Waals surface area contributed by atoms with Gasteiger partial charge >= 0.3 is 5.97 Å². The van der Waals surface area contributed by atoms with E-state index in [1.807, 2.05) is 6.92 Å². The van der Waals surface area contributed by atoms with Crippen molar-refractivity contribution in [3.63, 3.8) is 0 Å². The van der Waals surface area contributed by atoms with E-state index in [4.69, 9.17) is 13.6 Å². The molecule has 0 unspecified atom stereocenters. The van der Waals surface area contributed by atoms with Gasteiger partial charge in [0.25, 0.3) is 8.32 Å². The minimum Gasteiger partial charge on any atom is -0.462 e. The molecule has 4 atom stereocenters. The molecule has 0 aliphatic carbocycles. The summed E-state index contributed by atoms with van der Waals surface area (Å²) in [6.07, 6.45) is 1.95. The van der Waals surface area contributed by atoms with Crippen LogP contribution in [0.3, 0.4) is 0 Å². The van der Waals surface area contributed by atoms with Gasteiger partial charge < -0.3 is 13.6 Å². The van der Waals surface area contributed by atoms with Gasteiger partial charge in [-0.15, -0.1) is 0 Å². The lowest BCUT2D eigenvalue weighted by Crippen LogP contribution is -2.67. The number of benzene rings is 2. The van der Waals surface area contributed by atoms with E-state index in [-0.39, 0.29) is 40.3 Å². The summed E-state index contributed by atoms with van der Waals surface area (Å²) in [5, 5.41) is 2.53. The first kappa shape index (κ1) is 30.8. The fourth-order valence-electron chi connectivity index (χ4n) is 5.38. The fourth-order valence-corrected chi connectivity index (χ4v) is 11.5. The molecule has 0 aromatic heterocycles. The zero-order valence-electron chi connectivity index (χ0n) is 25.3. The van der Waals surface area contributed by atoms with Gasteiger partial charge in [-0.25, -0.2) is 0 Å². The molecule has 0 N–H and O–H groups in total. The number of hydrogen-bond acceptors (Lipinski definition) is 4. The smallest absolute Gasteiger partial charge is 0.311 e. The molecule has 6 heteroatoms. The molecule has 0 bridgehead atoms. The van der Waals surface area contributed by atoms with Crippen LogP contribution in [0.4, 0.5) is 0 Å². The summed E-state index contributed by atoms with van der Waals surface area (Å²) < 4.78 is 20.0. The second kappa shape index (κ2) is 11.8. The molecule has 0 spiro atoms. The largest absolute Gasteiger partial charge is 0.462 e. The van der Waals surface area contributed by atoms with Gasteiger partial charge in [0.15, 0.2) is 8.32 Å². The molecule has 0 radical (unpaired) electrons. The maximum Gasteiger partial charge on any atom is 0.311 e. The lowest BCUT2D eigenvalue weighted by molar-refractivity contribution is -0.154. The Bertz CT molecular complexity index is 1000. The van der Waals surface area contributed by atoms with Crippen LogP contribution in [-0.2, 0) is 18.4 Å². The van der Waals surface area contributed by atoms with Gasteiger partial charge in [0, 0.05) is 12.5 Å². The van der Waals surface area contributed by atoms with Crippen molar-refractivity contribution in [2.75, 3.05) is 0 Å². The summed E-state index contributed by atoms with van der Waals surface area (Å²) in [6.45, 7) is 22.2. The third-order valence-corrected chi connectivity index (χ3v) is 18.3. The number of esters is 1. The van der Waals surface area contributed by atoms with Gasteiger partial charge in [-0.2, -0.15) is 0 Å². The van der Waals surface area contributed by atoms with E-state index in [0.717, 1.165) is 12.8 Å². The average molecular weight is 555 g/mol. The quantitative estimate of drug-likeness (QED) is 0.258. The van der Waals surface area contributed by atoms with Crippen molar-refractivity contribution in [2.24, 2.45) is 5.92 Å². The standard InChI is InChI=1S/C32H50O4Si2/c1-24(23-26-21-22-29(25(2)30(33)34-26)36-37(9,10)31(3,4)5)35-38(32(6,7)8,27-17-13-11-14-18-27)28-19-15-12-16-20-28/h11-20,24-26,29H,21-23H2,1-10H3/t24-,25+,26-,29-/m0/s1. The van der Waals surface area contributed by atoms with Crippen LogP contribution in [-0.4, -0.2) is 40.9 Å². The van der Waals surface area contributed by atoms with Crippen molar-refractivity contribution < 1.29 is 18.4 Å². The summed E-state index contributed by atoms with van der Waals surface area (Å²) in [5.74, 6) is -0.407. The van der Waals surface area contributed by atoms with Crippen molar-refractivity contribution in [1.82, 2.24) is 0 Å². The van der Waals surface area contributed by atoms with Crippen molar-refractivity contribution in [1.29, 1.82) is 0 Å². The molecule has 1 aliphatic heterocycles. The van der Waals surface area contributed by atoms with E-state index in [0.29, 0.717) is 6.42 Å². The molecule has 4 nitrogen and oxygen atoms in total. The third kappa shape index (κ3) is 6.69. The second-order valence-corrected chi connectivity index (χ2v) is 22.7. The Kier molecular flexibility index (Phi) is 9.55. The maximum absolute atomic E-state index is 13.1. The molecule has 2 aromatic carbocycles. The van der Waals surface area contributed by atoms with Gasteiger partial charge in [0.1, 0.15) is 6.10 Å². The van der Waals surface area contributed by atoms with Gasteiger partial charge in [0.2, 0.25) is 0 Å². The summed E-state index contributed by atoms with van der Waals surface area (Å²) in [6, 6.07) is 21.4. The minimum atomic E-state index is -2.67. The molecule has 0 amide bonds. The molecule has 1 saturated heterocycles. The third-order valence-electron chi connectivity index (χ3n) is 8.63. The van der Waals surface area contributed by atoms with Crippen molar-refractivity contribution in [3.05, 3.63) is 60.7 Å². The Labute approximate surface area is 233 Å². The van der Waals surface area contributed by atoms with Gasteiger partial charge in [-0.3, -0.25) is 4.79 Å². The fraction of sp³-hybridized carbons (Fsp3) is 0.594. The molecule has 1 heterocycles. The molecular weight excluding hydrogens is 505 g/mol. The molecule has 1 aliphatic rings. The predicted molar refractivity (Wildman–Crippen MR) is 163 cm³/mol. The highest BCUT2D eigenvalue weighted by Crippen LogP contribution is 2.40. The van der Waals surface area contributed by atoms with E-state index in [9.17, 15) is 4.79 Å². The number of rotatable bonds is 8. The molecule has 38 heavy (non-hydrogen) atoms. The van der Waals surface area contributed by atoms with Crippen LogP contribution in [0.5, 0.6) is 0 Å². The molecule has 2 aromatic rings. The average Bonchev–Trinajstić information content (AvgIpc) is 2.95. The Hall–Kier alpha value is -1.74. The van der Waals surface area contributed by atoms with Gasteiger partial charge in [0.05, 0.1) is 12.0 Å². The SMILES string of the molecule is C[C@@H](C[C@@H]1CC[C@H](O[Si](C)(C)C(C)(C)C)[C@@H](C)C(=O)O1)O[Si](c1ccccc1)(c1ccccc1)C(C)(C)C. The van der Waals surface area contributed by atoms with Gasteiger partial charge in [-0.05, 0) is 60.2 Å². The minimum absolute atomic E-state index is 0.0766. The van der Waals surface area contributed by atoms with E-state index in [1.165, 1.54) is 10.4 Å². The molecule has 1 fully saturated rings. The van der Waals surface area contributed by atoms with Crippen molar-refractivity contribution in [3.8, 4) is 0 Å². The number of carbonyl (C=O) groups is 1. The maximum atomic E-state index is 13.1.